The van der Waals surface area contributed by atoms with Crippen LogP contribution in [0, 0.1) is 0 Å². The van der Waals surface area contributed by atoms with E-state index in [1.54, 1.807) is 12.1 Å². The number of hydrogen-bond donors (Lipinski definition) is 2. The first kappa shape index (κ1) is 21.6. The number of benzene rings is 2. The molecule has 0 unspecified atom stereocenters. The van der Waals surface area contributed by atoms with Gasteiger partial charge in [0.2, 0.25) is 0 Å². The molecule has 2 aliphatic rings. The summed E-state index contributed by atoms with van der Waals surface area (Å²) in [6.07, 6.45) is 6.90. The Morgan fingerprint density at radius 3 is 2.03 bits per heavy atom. The van der Waals surface area contributed by atoms with E-state index in [9.17, 15) is 9.59 Å². The molecular formula is C26H34N3O2+. The number of carbonyl (C=O) groups excluding carboxylic acids is 2. The van der Waals surface area contributed by atoms with E-state index >= 15 is 0 Å². The van der Waals surface area contributed by atoms with Crippen molar-refractivity contribution < 1.29 is 14.1 Å². The lowest BCUT2D eigenvalue weighted by atomic mass is 9.82. The molecule has 0 aromatic heterocycles. The lowest BCUT2D eigenvalue weighted by Crippen LogP contribution is -2.36. The summed E-state index contributed by atoms with van der Waals surface area (Å²) in [6.45, 7) is 1.80. The van der Waals surface area contributed by atoms with Crippen molar-refractivity contribution in [2.24, 2.45) is 0 Å². The van der Waals surface area contributed by atoms with Crippen LogP contribution >= 0.6 is 0 Å². The van der Waals surface area contributed by atoms with Crippen LogP contribution in [0.1, 0.15) is 70.4 Å². The maximum Gasteiger partial charge on any atom is 0.196 e. The Labute approximate surface area is 185 Å². The van der Waals surface area contributed by atoms with Gasteiger partial charge in [-0.1, -0.05) is 43.5 Å². The van der Waals surface area contributed by atoms with E-state index in [0.29, 0.717) is 28.3 Å². The van der Waals surface area contributed by atoms with Gasteiger partial charge in [-0.15, -0.1) is 0 Å². The van der Waals surface area contributed by atoms with E-state index < -0.39 is 0 Å². The summed E-state index contributed by atoms with van der Waals surface area (Å²) >= 11 is 0. The van der Waals surface area contributed by atoms with E-state index in [4.69, 9.17) is 0 Å². The van der Waals surface area contributed by atoms with Gasteiger partial charge >= 0.3 is 0 Å². The van der Waals surface area contributed by atoms with Gasteiger partial charge in [-0.05, 0) is 25.0 Å². The minimum atomic E-state index is -0.0633. The molecule has 0 spiro atoms. The predicted molar refractivity (Wildman–Crippen MR) is 126 cm³/mol. The summed E-state index contributed by atoms with van der Waals surface area (Å²) < 4.78 is 0.898. The van der Waals surface area contributed by atoms with Crippen LogP contribution in [0.5, 0.6) is 0 Å². The minimum absolute atomic E-state index is 0.0569. The maximum atomic E-state index is 13.5. The zero-order valence-corrected chi connectivity index (χ0v) is 19.0. The van der Waals surface area contributed by atoms with Crippen LogP contribution in [-0.2, 0) is 0 Å². The number of anilines is 2. The highest BCUT2D eigenvalue weighted by Gasteiger charge is 2.34. The van der Waals surface area contributed by atoms with Crippen LogP contribution in [0.3, 0.4) is 0 Å². The highest BCUT2D eigenvalue weighted by molar-refractivity contribution is 6.31. The van der Waals surface area contributed by atoms with Gasteiger partial charge < -0.3 is 15.1 Å². The van der Waals surface area contributed by atoms with Gasteiger partial charge in [-0.3, -0.25) is 9.59 Å². The predicted octanol–water partition coefficient (Wildman–Crippen LogP) is 4.71. The molecule has 0 saturated heterocycles. The van der Waals surface area contributed by atoms with Gasteiger partial charge in [0.05, 0.1) is 38.8 Å². The average Bonchev–Trinajstić information content (AvgIpc) is 2.75. The summed E-state index contributed by atoms with van der Waals surface area (Å²) in [5.41, 5.74) is 3.63. The number of fused-ring (bicyclic) bond motifs is 2. The van der Waals surface area contributed by atoms with Gasteiger partial charge in [0.25, 0.3) is 0 Å². The summed E-state index contributed by atoms with van der Waals surface area (Å²) in [5.74, 6) is -0.120. The third-order valence-corrected chi connectivity index (χ3v) is 6.36. The zero-order valence-electron chi connectivity index (χ0n) is 19.0. The van der Waals surface area contributed by atoms with Crippen LogP contribution in [0.25, 0.3) is 0 Å². The van der Waals surface area contributed by atoms with E-state index in [2.05, 4.69) is 31.8 Å². The van der Waals surface area contributed by atoms with Crippen molar-refractivity contribution in [3.05, 3.63) is 58.7 Å². The van der Waals surface area contributed by atoms with Gasteiger partial charge in [-0.2, -0.15) is 0 Å². The van der Waals surface area contributed by atoms with Gasteiger partial charge in [0.1, 0.15) is 0 Å². The summed E-state index contributed by atoms with van der Waals surface area (Å²) in [6, 6.07) is 11.5. The Morgan fingerprint density at radius 2 is 1.42 bits per heavy atom. The van der Waals surface area contributed by atoms with Crippen LogP contribution < -0.4 is 10.6 Å². The van der Waals surface area contributed by atoms with Gasteiger partial charge in [0, 0.05) is 41.5 Å². The third kappa shape index (κ3) is 4.67. The summed E-state index contributed by atoms with van der Waals surface area (Å²) in [7, 11) is 6.52. The molecule has 0 radical (unpaired) electrons. The number of hydrogen-bond acceptors (Lipinski definition) is 4. The normalized spacial score (nSPS) is 16.6. The van der Waals surface area contributed by atoms with E-state index in [1.807, 2.05) is 24.3 Å². The highest BCUT2D eigenvalue weighted by atomic mass is 16.1. The van der Waals surface area contributed by atoms with Gasteiger partial charge in [0.15, 0.2) is 11.6 Å². The smallest absolute Gasteiger partial charge is 0.196 e. The monoisotopic (exact) mass is 420 g/mol. The molecule has 0 amide bonds. The number of quaternary nitrogens is 1. The minimum Gasteiger partial charge on any atom is -0.384 e. The molecule has 164 valence electrons. The van der Waals surface area contributed by atoms with E-state index in [-0.39, 0.29) is 11.6 Å². The maximum absolute atomic E-state index is 13.5. The molecule has 1 fully saturated rings. The molecule has 5 nitrogen and oxygen atoms in total. The van der Waals surface area contributed by atoms with E-state index in [0.717, 1.165) is 48.2 Å². The molecule has 2 N–H and O–H groups in total. The second-order valence-corrected chi connectivity index (χ2v) is 9.89. The fourth-order valence-electron chi connectivity index (χ4n) is 4.73. The SMILES string of the molecule is C[N+](C)(C)CCCNc1ccc(NC2CCCCC2)c2c1C(=O)c1ccccc1C2=O. The summed E-state index contributed by atoms with van der Waals surface area (Å²) in [5, 5.41) is 7.05. The average molecular weight is 421 g/mol. The molecule has 0 aliphatic heterocycles. The van der Waals surface area contributed by atoms with Crippen LogP contribution in [0.2, 0.25) is 0 Å². The topological polar surface area (TPSA) is 58.2 Å². The number of ketones is 2. The molecule has 4 rings (SSSR count). The lowest BCUT2D eigenvalue weighted by molar-refractivity contribution is -0.870. The second-order valence-electron chi connectivity index (χ2n) is 9.89. The molecule has 0 heterocycles. The first-order chi connectivity index (χ1) is 14.8. The Kier molecular flexibility index (Phi) is 6.15. The zero-order chi connectivity index (χ0) is 22.0. The number of rotatable bonds is 7. The first-order valence-electron chi connectivity index (χ1n) is 11.5. The Balaban J connectivity index is 1.68. The van der Waals surface area contributed by atoms with Crippen molar-refractivity contribution in [2.45, 2.75) is 44.6 Å². The Bertz CT molecular complexity index is 985. The first-order valence-corrected chi connectivity index (χ1v) is 11.5. The molecule has 0 atom stereocenters. The van der Waals surface area contributed by atoms with Crippen molar-refractivity contribution in [1.82, 2.24) is 0 Å². The van der Waals surface area contributed by atoms with Crippen LogP contribution in [0.15, 0.2) is 36.4 Å². The van der Waals surface area contributed by atoms with Crippen molar-refractivity contribution in [1.29, 1.82) is 0 Å². The molecule has 5 heteroatoms. The Hall–Kier alpha value is -2.66. The fourth-order valence-corrected chi connectivity index (χ4v) is 4.73. The fraction of sp³-hybridized carbons (Fsp3) is 0.462. The number of nitrogens with one attached hydrogen (secondary N) is 2. The Morgan fingerprint density at radius 1 is 0.839 bits per heavy atom. The van der Waals surface area contributed by atoms with Crippen molar-refractivity contribution in [3.63, 3.8) is 0 Å². The molecule has 2 aromatic carbocycles. The second kappa shape index (κ2) is 8.83. The molecule has 0 bridgehead atoms. The highest BCUT2D eigenvalue weighted by Crippen LogP contribution is 2.37. The number of nitrogens with zero attached hydrogens (tertiary/aromatic N) is 1. The molecule has 1 saturated carbocycles. The lowest BCUT2D eigenvalue weighted by Gasteiger charge is -2.28. The molecular weight excluding hydrogens is 386 g/mol. The largest absolute Gasteiger partial charge is 0.384 e. The van der Waals surface area contributed by atoms with E-state index in [1.165, 1.54) is 19.3 Å². The van der Waals surface area contributed by atoms with Crippen LogP contribution in [0.4, 0.5) is 11.4 Å². The molecule has 31 heavy (non-hydrogen) atoms. The third-order valence-electron chi connectivity index (χ3n) is 6.36. The summed E-state index contributed by atoms with van der Waals surface area (Å²) in [4.78, 5) is 27.0. The van der Waals surface area contributed by atoms with Gasteiger partial charge in [-0.25, -0.2) is 0 Å². The van der Waals surface area contributed by atoms with Crippen molar-refractivity contribution in [2.75, 3.05) is 44.9 Å². The van der Waals surface area contributed by atoms with Crippen LogP contribution in [-0.4, -0.2) is 56.3 Å². The quantitative estimate of drug-likeness (QED) is 0.429. The molecule has 2 aromatic rings. The number of carbonyl (C=O) groups is 2. The van der Waals surface area contributed by atoms with Crippen molar-refractivity contribution in [3.8, 4) is 0 Å². The van der Waals surface area contributed by atoms with Crippen molar-refractivity contribution >= 4 is 22.9 Å². The molecule has 2 aliphatic carbocycles. The standard InChI is InChI=1S/C26H33N3O2/c1-29(2,3)17-9-16-27-21-14-15-22(28-18-10-5-4-6-11-18)24-23(21)25(30)19-12-7-8-13-20(19)26(24)31/h7-8,12-15,18H,4-6,9-11,16-17H2,1-3H3,(H-,27,28,30,31)/p+1.